The Morgan fingerprint density at radius 1 is 1.16 bits per heavy atom. The molecule has 1 spiro atoms. The van der Waals surface area contributed by atoms with Crippen LogP contribution in [-0.2, 0) is 4.79 Å². The molecule has 0 atom stereocenters. The van der Waals surface area contributed by atoms with E-state index in [0.29, 0.717) is 37.2 Å². The van der Waals surface area contributed by atoms with Crippen LogP contribution in [0.3, 0.4) is 0 Å². The van der Waals surface area contributed by atoms with Crippen LogP contribution < -0.4 is 10.6 Å². The Hall–Kier alpha value is -3.23. The molecule has 4 amide bonds. The molecule has 0 saturated carbocycles. The van der Waals surface area contributed by atoms with Gasteiger partial charge in [0.05, 0.1) is 17.5 Å². The van der Waals surface area contributed by atoms with Crippen molar-refractivity contribution in [3.05, 3.63) is 36.3 Å². The van der Waals surface area contributed by atoms with Crippen LogP contribution in [0, 0.1) is 0 Å². The third-order valence-electron chi connectivity index (χ3n) is 4.76. The number of carbonyl (C=O) groups excluding carboxylic acids is 3. The van der Waals surface area contributed by atoms with Gasteiger partial charge in [0.2, 0.25) is 0 Å². The third kappa shape index (κ3) is 2.53. The van der Waals surface area contributed by atoms with Gasteiger partial charge >= 0.3 is 6.03 Å². The molecular formula is C16H16N6O3. The summed E-state index contributed by atoms with van der Waals surface area (Å²) in [5, 5.41) is 11.8. The van der Waals surface area contributed by atoms with Crippen LogP contribution in [0.4, 0.5) is 4.79 Å². The van der Waals surface area contributed by atoms with Crippen molar-refractivity contribution in [3.63, 3.8) is 0 Å². The van der Waals surface area contributed by atoms with Crippen LogP contribution in [0.1, 0.15) is 23.2 Å². The maximum absolute atomic E-state index is 12.9. The van der Waals surface area contributed by atoms with Crippen LogP contribution in [0.2, 0.25) is 0 Å². The highest BCUT2D eigenvalue weighted by atomic mass is 16.2. The summed E-state index contributed by atoms with van der Waals surface area (Å²) in [5.74, 6) is -0.467. The molecule has 2 aliphatic heterocycles. The molecule has 9 heteroatoms. The number of rotatable bonds is 2. The molecule has 2 saturated heterocycles. The van der Waals surface area contributed by atoms with Gasteiger partial charge in [-0.1, -0.05) is 0 Å². The SMILES string of the molecule is O=C1NC(=O)C2(CCN(C(=O)c3cn[nH]c3-c3ccncc3)CC2)N1. The first-order valence-corrected chi connectivity index (χ1v) is 7.96. The van der Waals surface area contributed by atoms with Gasteiger partial charge in [-0.15, -0.1) is 0 Å². The number of aromatic nitrogens is 3. The summed E-state index contributed by atoms with van der Waals surface area (Å²) in [5.41, 5.74) is 1.05. The second-order valence-corrected chi connectivity index (χ2v) is 6.18. The minimum atomic E-state index is -0.891. The van der Waals surface area contributed by atoms with Crippen molar-refractivity contribution >= 4 is 17.8 Å². The number of likely N-dealkylation sites (tertiary alicyclic amines) is 1. The van der Waals surface area contributed by atoms with Gasteiger partial charge in [-0.05, 0) is 25.0 Å². The lowest BCUT2D eigenvalue weighted by Gasteiger charge is -2.36. The number of H-pyrrole nitrogens is 1. The van der Waals surface area contributed by atoms with Crippen molar-refractivity contribution in [1.82, 2.24) is 30.7 Å². The van der Waals surface area contributed by atoms with Gasteiger partial charge in [-0.2, -0.15) is 5.10 Å². The summed E-state index contributed by atoms with van der Waals surface area (Å²) in [6.45, 7) is 0.765. The zero-order valence-electron chi connectivity index (χ0n) is 13.3. The monoisotopic (exact) mass is 340 g/mol. The smallest absolute Gasteiger partial charge is 0.322 e. The quantitative estimate of drug-likeness (QED) is 0.679. The van der Waals surface area contributed by atoms with Gasteiger partial charge < -0.3 is 10.2 Å². The molecule has 2 aliphatic rings. The molecule has 0 bridgehead atoms. The molecule has 4 rings (SSSR count). The fourth-order valence-corrected chi connectivity index (χ4v) is 3.33. The zero-order chi connectivity index (χ0) is 17.4. The Balaban J connectivity index is 1.52. The first-order chi connectivity index (χ1) is 12.1. The first kappa shape index (κ1) is 15.3. The van der Waals surface area contributed by atoms with Crippen molar-refractivity contribution in [2.75, 3.05) is 13.1 Å². The van der Waals surface area contributed by atoms with Gasteiger partial charge in [0.1, 0.15) is 5.54 Å². The van der Waals surface area contributed by atoms with Crippen molar-refractivity contribution < 1.29 is 14.4 Å². The number of carbonyl (C=O) groups is 3. The molecule has 2 fully saturated rings. The van der Waals surface area contributed by atoms with E-state index in [9.17, 15) is 14.4 Å². The molecule has 9 nitrogen and oxygen atoms in total. The van der Waals surface area contributed by atoms with Gasteiger partial charge in [0.15, 0.2) is 0 Å². The van der Waals surface area contributed by atoms with Crippen molar-refractivity contribution in [2.45, 2.75) is 18.4 Å². The standard InChI is InChI=1S/C16H16N6O3/c23-13(11-9-18-21-12(11)10-1-5-17-6-2-10)22-7-3-16(4-8-22)14(24)19-15(25)20-16/h1-2,5-6,9H,3-4,7-8H2,(H,18,21)(H2,19,20,24,25). The Morgan fingerprint density at radius 3 is 2.52 bits per heavy atom. The molecule has 0 radical (unpaired) electrons. The summed E-state index contributed by atoms with van der Waals surface area (Å²) >= 11 is 0. The molecular weight excluding hydrogens is 324 g/mol. The number of nitrogens with one attached hydrogen (secondary N) is 3. The fourth-order valence-electron chi connectivity index (χ4n) is 3.33. The minimum Gasteiger partial charge on any atom is -0.338 e. The summed E-state index contributed by atoms with van der Waals surface area (Å²) < 4.78 is 0. The normalized spacial score (nSPS) is 19.0. The number of pyridine rings is 1. The third-order valence-corrected chi connectivity index (χ3v) is 4.76. The molecule has 128 valence electrons. The zero-order valence-corrected chi connectivity index (χ0v) is 13.3. The number of amides is 4. The first-order valence-electron chi connectivity index (χ1n) is 7.96. The maximum atomic E-state index is 12.9. The number of hydrogen-bond acceptors (Lipinski definition) is 5. The largest absolute Gasteiger partial charge is 0.338 e. The van der Waals surface area contributed by atoms with Crippen molar-refractivity contribution in [1.29, 1.82) is 0 Å². The highest BCUT2D eigenvalue weighted by Gasteiger charge is 2.48. The average Bonchev–Trinajstić information content (AvgIpc) is 3.21. The molecule has 4 heterocycles. The number of urea groups is 1. The molecule has 0 unspecified atom stereocenters. The lowest BCUT2D eigenvalue weighted by Crippen LogP contribution is -2.55. The van der Waals surface area contributed by atoms with E-state index in [1.807, 2.05) is 0 Å². The van der Waals surface area contributed by atoms with Crippen LogP contribution in [0.25, 0.3) is 11.3 Å². The summed E-state index contributed by atoms with van der Waals surface area (Å²) in [6, 6.07) is 3.13. The molecule has 2 aromatic rings. The van der Waals surface area contributed by atoms with Crippen molar-refractivity contribution in [2.24, 2.45) is 0 Å². The Morgan fingerprint density at radius 2 is 1.88 bits per heavy atom. The van der Waals surface area contributed by atoms with E-state index in [1.165, 1.54) is 6.20 Å². The highest BCUT2D eigenvalue weighted by Crippen LogP contribution is 2.28. The van der Waals surface area contributed by atoms with Crippen molar-refractivity contribution in [3.8, 4) is 11.3 Å². The van der Waals surface area contributed by atoms with Gasteiger partial charge in [-0.25, -0.2) is 4.79 Å². The molecule has 0 aliphatic carbocycles. The van der Waals surface area contributed by atoms with E-state index in [0.717, 1.165) is 5.56 Å². The van der Waals surface area contributed by atoms with Crippen LogP contribution >= 0.6 is 0 Å². The van der Waals surface area contributed by atoms with E-state index in [1.54, 1.807) is 29.4 Å². The average molecular weight is 340 g/mol. The Kier molecular flexibility index (Phi) is 3.48. The van der Waals surface area contributed by atoms with Gasteiger partial charge in [0.25, 0.3) is 11.8 Å². The summed E-state index contributed by atoms with van der Waals surface area (Å²) in [6.07, 6.45) is 5.58. The lowest BCUT2D eigenvalue weighted by atomic mass is 9.87. The number of imide groups is 1. The summed E-state index contributed by atoms with van der Waals surface area (Å²) in [7, 11) is 0. The minimum absolute atomic E-state index is 0.153. The van der Waals surface area contributed by atoms with Crippen LogP contribution in [0.15, 0.2) is 30.7 Å². The maximum Gasteiger partial charge on any atom is 0.322 e. The number of piperidine rings is 1. The Labute approximate surface area is 142 Å². The Bertz CT molecular complexity index is 839. The van der Waals surface area contributed by atoms with E-state index in [2.05, 4.69) is 25.8 Å². The number of nitrogens with zero attached hydrogens (tertiary/aromatic N) is 3. The van der Waals surface area contributed by atoms with Gasteiger partial charge in [-0.3, -0.25) is 25.0 Å². The molecule has 0 aromatic carbocycles. The van der Waals surface area contributed by atoms with E-state index in [4.69, 9.17) is 0 Å². The lowest BCUT2D eigenvalue weighted by molar-refractivity contribution is -0.125. The van der Waals surface area contributed by atoms with E-state index >= 15 is 0 Å². The van der Waals surface area contributed by atoms with Crippen LogP contribution in [0.5, 0.6) is 0 Å². The predicted octanol–water partition coefficient (Wildman–Crippen LogP) is 0.286. The fraction of sp³-hybridized carbons (Fsp3) is 0.312. The molecule has 2 aromatic heterocycles. The highest BCUT2D eigenvalue weighted by molar-refractivity contribution is 6.07. The van der Waals surface area contributed by atoms with Gasteiger partial charge in [0, 0.05) is 31.0 Å². The number of aromatic amines is 1. The topological polar surface area (TPSA) is 120 Å². The number of hydrogen-bond donors (Lipinski definition) is 3. The van der Waals surface area contributed by atoms with E-state index < -0.39 is 11.6 Å². The second kappa shape index (κ2) is 5.69. The van der Waals surface area contributed by atoms with Crippen LogP contribution in [-0.4, -0.2) is 56.6 Å². The molecule has 3 N–H and O–H groups in total. The molecule has 25 heavy (non-hydrogen) atoms. The second-order valence-electron chi connectivity index (χ2n) is 6.18. The summed E-state index contributed by atoms with van der Waals surface area (Å²) in [4.78, 5) is 41.9. The predicted molar refractivity (Wildman–Crippen MR) is 86.4 cm³/mol. The van der Waals surface area contributed by atoms with E-state index in [-0.39, 0.29) is 11.8 Å².